The molecule has 1 aliphatic rings. The number of hydrogen-bond donors (Lipinski definition) is 2. The zero-order valence-corrected chi connectivity index (χ0v) is 13.2. The highest BCUT2D eigenvalue weighted by molar-refractivity contribution is 7.89. The van der Waals surface area contributed by atoms with E-state index in [-0.39, 0.29) is 16.0 Å². The summed E-state index contributed by atoms with van der Waals surface area (Å²) < 4.78 is 27.7. The number of benzene rings is 1. The third-order valence-corrected chi connectivity index (χ3v) is 5.78. The molecule has 0 amide bonds. The Morgan fingerprint density at radius 1 is 1.40 bits per heavy atom. The van der Waals surface area contributed by atoms with Gasteiger partial charge in [-0.15, -0.1) is 0 Å². The Balaban J connectivity index is 2.21. The minimum Gasteiger partial charge on any atom is -0.326 e. The molecule has 0 aromatic heterocycles. The number of hydrogen-bond acceptors (Lipinski definition) is 3. The molecule has 0 spiro atoms. The fourth-order valence-electron chi connectivity index (χ4n) is 2.70. The molecule has 20 heavy (non-hydrogen) atoms. The molecule has 0 radical (unpaired) electrons. The second-order valence-corrected chi connectivity index (χ2v) is 7.65. The third-order valence-electron chi connectivity index (χ3n) is 3.78. The monoisotopic (exact) mass is 316 g/mol. The first-order valence-electron chi connectivity index (χ1n) is 6.93. The van der Waals surface area contributed by atoms with Crippen LogP contribution in [-0.4, -0.2) is 14.5 Å². The Labute approximate surface area is 125 Å². The highest BCUT2D eigenvalue weighted by atomic mass is 35.5. The van der Waals surface area contributed by atoms with Crippen LogP contribution < -0.4 is 10.5 Å². The lowest BCUT2D eigenvalue weighted by Gasteiger charge is -2.27. The average Bonchev–Trinajstić information content (AvgIpc) is 2.38. The molecule has 2 unspecified atom stereocenters. The van der Waals surface area contributed by atoms with Crippen LogP contribution in [0.5, 0.6) is 0 Å². The normalized spacial score (nSPS) is 23.8. The molecule has 0 bridgehead atoms. The number of rotatable bonds is 4. The molecule has 1 fully saturated rings. The summed E-state index contributed by atoms with van der Waals surface area (Å²) in [5.41, 5.74) is 6.31. The van der Waals surface area contributed by atoms with Crippen molar-refractivity contribution in [3.63, 3.8) is 0 Å². The van der Waals surface area contributed by atoms with E-state index < -0.39 is 10.0 Å². The maximum absolute atomic E-state index is 12.5. The van der Waals surface area contributed by atoms with Gasteiger partial charge in [-0.05, 0) is 36.5 Å². The minimum absolute atomic E-state index is 0.00125. The molecule has 1 saturated carbocycles. The Morgan fingerprint density at radius 3 is 2.80 bits per heavy atom. The molecular weight excluding hydrogens is 296 g/mol. The Morgan fingerprint density at radius 2 is 2.15 bits per heavy atom. The van der Waals surface area contributed by atoms with Gasteiger partial charge in [-0.25, -0.2) is 13.1 Å². The Kier molecular flexibility index (Phi) is 5.07. The van der Waals surface area contributed by atoms with Gasteiger partial charge in [0.2, 0.25) is 10.0 Å². The number of sulfonamides is 1. The van der Waals surface area contributed by atoms with Gasteiger partial charge < -0.3 is 5.73 Å². The van der Waals surface area contributed by atoms with Gasteiger partial charge in [0.05, 0.1) is 5.02 Å². The summed E-state index contributed by atoms with van der Waals surface area (Å²) in [5, 5.41) is 0.235. The van der Waals surface area contributed by atoms with Crippen molar-refractivity contribution >= 4 is 21.6 Å². The van der Waals surface area contributed by atoms with Gasteiger partial charge in [-0.1, -0.05) is 37.4 Å². The first-order chi connectivity index (χ1) is 9.42. The molecule has 4 nitrogen and oxygen atoms in total. The lowest BCUT2D eigenvalue weighted by Crippen LogP contribution is -2.38. The maximum Gasteiger partial charge on any atom is 0.242 e. The van der Waals surface area contributed by atoms with Crippen LogP contribution in [0.4, 0.5) is 0 Å². The van der Waals surface area contributed by atoms with Gasteiger partial charge in [0, 0.05) is 12.6 Å². The van der Waals surface area contributed by atoms with Crippen LogP contribution in [0.3, 0.4) is 0 Å². The van der Waals surface area contributed by atoms with E-state index in [9.17, 15) is 8.42 Å². The van der Waals surface area contributed by atoms with Crippen LogP contribution in [-0.2, 0) is 16.6 Å². The molecule has 1 aromatic carbocycles. The lowest BCUT2D eigenvalue weighted by molar-refractivity contribution is 0.327. The highest BCUT2D eigenvalue weighted by Gasteiger charge is 2.26. The first-order valence-corrected chi connectivity index (χ1v) is 8.79. The van der Waals surface area contributed by atoms with E-state index in [1.54, 1.807) is 18.2 Å². The second kappa shape index (κ2) is 6.43. The number of nitrogens with one attached hydrogen (secondary N) is 1. The molecular formula is C14H21ClN2O2S. The molecule has 112 valence electrons. The van der Waals surface area contributed by atoms with E-state index in [1.165, 1.54) is 6.42 Å². The van der Waals surface area contributed by atoms with E-state index in [0.29, 0.717) is 12.5 Å². The van der Waals surface area contributed by atoms with Crippen LogP contribution in [0, 0.1) is 5.92 Å². The summed E-state index contributed by atoms with van der Waals surface area (Å²) in [4.78, 5) is 0.125. The van der Waals surface area contributed by atoms with Crippen molar-refractivity contribution in [1.29, 1.82) is 0 Å². The molecule has 0 saturated heterocycles. The highest BCUT2D eigenvalue weighted by Crippen LogP contribution is 2.27. The molecule has 2 atom stereocenters. The Bertz CT molecular complexity index is 575. The molecule has 1 aromatic rings. The predicted octanol–water partition coefficient (Wildman–Crippen LogP) is 2.66. The van der Waals surface area contributed by atoms with Gasteiger partial charge in [0.25, 0.3) is 0 Å². The third kappa shape index (κ3) is 3.73. The number of nitrogens with two attached hydrogens (primary N) is 1. The van der Waals surface area contributed by atoms with E-state index in [0.717, 1.165) is 24.8 Å². The van der Waals surface area contributed by atoms with Gasteiger partial charge in [-0.2, -0.15) is 0 Å². The summed E-state index contributed by atoms with van der Waals surface area (Å²) in [5.74, 6) is 0.558. The van der Waals surface area contributed by atoms with E-state index in [1.807, 2.05) is 0 Å². The smallest absolute Gasteiger partial charge is 0.242 e. The second-order valence-electron chi connectivity index (χ2n) is 5.56. The Hall–Kier alpha value is -0.620. The lowest BCUT2D eigenvalue weighted by atomic mass is 9.88. The van der Waals surface area contributed by atoms with Gasteiger partial charge in [0.1, 0.15) is 4.90 Å². The summed E-state index contributed by atoms with van der Waals surface area (Å²) in [6.45, 7) is 2.45. The van der Waals surface area contributed by atoms with Crippen molar-refractivity contribution in [2.45, 2.75) is 50.1 Å². The van der Waals surface area contributed by atoms with Crippen molar-refractivity contribution < 1.29 is 8.42 Å². The average molecular weight is 317 g/mol. The molecule has 0 heterocycles. The zero-order valence-electron chi connectivity index (χ0n) is 11.6. The van der Waals surface area contributed by atoms with Gasteiger partial charge in [0.15, 0.2) is 0 Å². The van der Waals surface area contributed by atoms with E-state index in [2.05, 4.69) is 11.6 Å². The zero-order chi connectivity index (χ0) is 14.8. The van der Waals surface area contributed by atoms with E-state index >= 15 is 0 Å². The quantitative estimate of drug-likeness (QED) is 0.897. The molecule has 0 aliphatic heterocycles. The minimum atomic E-state index is -3.58. The van der Waals surface area contributed by atoms with Crippen LogP contribution in [0.25, 0.3) is 0 Å². The van der Waals surface area contributed by atoms with Crippen LogP contribution in [0.2, 0.25) is 5.02 Å². The number of halogens is 1. The van der Waals surface area contributed by atoms with Gasteiger partial charge >= 0.3 is 0 Å². The van der Waals surface area contributed by atoms with Crippen molar-refractivity contribution in [2.75, 3.05) is 0 Å². The maximum atomic E-state index is 12.5. The largest absolute Gasteiger partial charge is 0.326 e. The van der Waals surface area contributed by atoms with Crippen molar-refractivity contribution in [2.24, 2.45) is 11.7 Å². The van der Waals surface area contributed by atoms with Crippen molar-refractivity contribution in [1.82, 2.24) is 4.72 Å². The first kappa shape index (κ1) is 15.8. The van der Waals surface area contributed by atoms with Gasteiger partial charge in [-0.3, -0.25) is 0 Å². The van der Waals surface area contributed by atoms with Crippen molar-refractivity contribution in [3.8, 4) is 0 Å². The van der Waals surface area contributed by atoms with Crippen LogP contribution in [0.15, 0.2) is 23.1 Å². The SMILES string of the molecule is CC1CCCC(NS(=O)(=O)c2cc(CN)ccc2Cl)C1. The molecule has 6 heteroatoms. The summed E-state index contributed by atoms with van der Waals surface area (Å²) in [6, 6.07) is 4.88. The molecule has 1 aliphatic carbocycles. The summed E-state index contributed by atoms with van der Waals surface area (Å²) in [7, 11) is -3.58. The van der Waals surface area contributed by atoms with Crippen LogP contribution in [0.1, 0.15) is 38.2 Å². The fourth-order valence-corrected chi connectivity index (χ4v) is 4.54. The molecule has 3 N–H and O–H groups in total. The van der Waals surface area contributed by atoms with E-state index in [4.69, 9.17) is 17.3 Å². The molecule has 2 rings (SSSR count). The standard InChI is InChI=1S/C14H21ClN2O2S/c1-10-3-2-4-12(7-10)17-20(18,19)14-8-11(9-16)5-6-13(14)15/h5-6,8,10,12,17H,2-4,7,9,16H2,1H3. The summed E-state index contributed by atoms with van der Waals surface area (Å²) >= 11 is 6.02. The van der Waals surface area contributed by atoms with Crippen molar-refractivity contribution in [3.05, 3.63) is 28.8 Å². The van der Waals surface area contributed by atoms with Crippen LogP contribution >= 0.6 is 11.6 Å². The topological polar surface area (TPSA) is 72.2 Å². The summed E-state index contributed by atoms with van der Waals surface area (Å²) in [6.07, 6.45) is 4.00. The predicted molar refractivity (Wildman–Crippen MR) is 81.1 cm³/mol. The fraction of sp³-hybridized carbons (Fsp3) is 0.571.